The van der Waals surface area contributed by atoms with Gasteiger partial charge in [0.25, 0.3) is 5.69 Å². The lowest BCUT2D eigenvalue weighted by atomic mass is 9.87. The van der Waals surface area contributed by atoms with Gasteiger partial charge in [0.2, 0.25) is 5.91 Å². The number of amides is 1. The lowest BCUT2D eigenvalue weighted by Gasteiger charge is -2.26. The smallest absolute Gasteiger partial charge is 0.328 e. The van der Waals surface area contributed by atoms with Crippen LogP contribution in [0.2, 0.25) is 0 Å². The van der Waals surface area contributed by atoms with Crippen LogP contribution in [0.15, 0.2) is 42.5 Å². The number of nitro benzene ring substituents is 1. The third-order valence-corrected chi connectivity index (χ3v) is 4.71. The van der Waals surface area contributed by atoms with Gasteiger partial charge >= 0.3 is 5.97 Å². The number of esters is 1. The largest absolute Gasteiger partial charge is 0.464 e. The minimum atomic E-state index is -1.04. The summed E-state index contributed by atoms with van der Waals surface area (Å²) in [6.07, 6.45) is 0. The Morgan fingerprint density at radius 1 is 1.10 bits per heavy atom. The summed E-state index contributed by atoms with van der Waals surface area (Å²) in [4.78, 5) is 36.6. The van der Waals surface area contributed by atoms with Gasteiger partial charge in [-0.25, -0.2) is 4.79 Å². The first-order valence-electron chi connectivity index (χ1n) is 9.99. The maximum atomic E-state index is 12.3. The SMILES string of the molecule is CCOC(=O)C(C)N(C(C)=O)c1cc(Oc2ccc(C(C)(C)C)cc2)ccc1[N+](=O)[O-]. The first kappa shape index (κ1) is 23.9. The summed E-state index contributed by atoms with van der Waals surface area (Å²) < 4.78 is 10.8. The third kappa shape index (κ3) is 5.81. The van der Waals surface area contributed by atoms with E-state index >= 15 is 0 Å². The molecule has 0 radical (unpaired) electrons. The number of anilines is 1. The number of carbonyl (C=O) groups is 2. The van der Waals surface area contributed by atoms with Gasteiger partial charge < -0.3 is 9.47 Å². The van der Waals surface area contributed by atoms with Crippen molar-refractivity contribution in [3.63, 3.8) is 0 Å². The lowest BCUT2D eigenvalue weighted by Crippen LogP contribution is -2.43. The fourth-order valence-corrected chi connectivity index (χ4v) is 3.09. The van der Waals surface area contributed by atoms with Crippen LogP contribution in [0.3, 0.4) is 0 Å². The molecule has 0 fully saturated rings. The Morgan fingerprint density at radius 2 is 1.68 bits per heavy atom. The standard InChI is InChI=1S/C23H28N2O6/c1-7-30-22(27)15(2)24(16(3)26)21-14-19(12-13-20(21)25(28)29)31-18-10-8-17(9-11-18)23(4,5)6/h8-15H,7H2,1-6H3. The number of hydrogen-bond acceptors (Lipinski definition) is 6. The molecule has 0 saturated carbocycles. The van der Waals surface area contributed by atoms with E-state index in [1.165, 1.54) is 32.0 Å². The third-order valence-electron chi connectivity index (χ3n) is 4.71. The van der Waals surface area contributed by atoms with Crippen molar-refractivity contribution in [2.45, 2.75) is 53.0 Å². The molecule has 0 spiro atoms. The number of ether oxygens (including phenoxy) is 2. The fraction of sp³-hybridized carbons (Fsp3) is 0.391. The first-order chi connectivity index (χ1) is 14.5. The summed E-state index contributed by atoms with van der Waals surface area (Å²) in [5.41, 5.74) is 0.767. The molecular weight excluding hydrogens is 400 g/mol. The highest BCUT2D eigenvalue weighted by Gasteiger charge is 2.32. The van der Waals surface area contributed by atoms with E-state index in [9.17, 15) is 19.7 Å². The molecule has 166 valence electrons. The average Bonchev–Trinajstić information content (AvgIpc) is 2.67. The van der Waals surface area contributed by atoms with Crippen molar-refractivity contribution in [3.05, 3.63) is 58.1 Å². The lowest BCUT2D eigenvalue weighted by molar-refractivity contribution is -0.384. The number of carbonyl (C=O) groups excluding carboxylic acids is 2. The average molecular weight is 428 g/mol. The molecule has 0 aliphatic heterocycles. The van der Waals surface area contributed by atoms with E-state index < -0.39 is 22.8 Å². The van der Waals surface area contributed by atoms with E-state index in [4.69, 9.17) is 9.47 Å². The minimum absolute atomic E-state index is 0.00964. The Bertz CT molecular complexity index is 963. The van der Waals surface area contributed by atoms with Crippen molar-refractivity contribution in [1.82, 2.24) is 0 Å². The van der Waals surface area contributed by atoms with Gasteiger partial charge in [0.15, 0.2) is 0 Å². The molecule has 8 heteroatoms. The second-order valence-electron chi connectivity index (χ2n) is 8.10. The van der Waals surface area contributed by atoms with Crippen molar-refractivity contribution >= 4 is 23.3 Å². The van der Waals surface area contributed by atoms with Gasteiger partial charge in [-0.15, -0.1) is 0 Å². The van der Waals surface area contributed by atoms with Crippen molar-refractivity contribution in [3.8, 4) is 11.5 Å². The van der Waals surface area contributed by atoms with Crippen molar-refractivity contribution in [2.75, 3.05) is 11.5 Å². The summed E-state index contributed by atoms with van der Waals surface area (Å²) in [6, 6.07) is 10.6. The van der Waals surface area contributed by atoms with Crippen LogP contribution in [0.25, 0.3) is 0 Å². The molecule has 1 amide bonds. The minimum Gasteiger partial charge on any atom is -0.464 e. The van der Waals surface area contributed by atoms with Crippen LogP contribution in [0, 0.1) is 10.1 Å². The molecule has 2 aromatic carbocycles. The summed E-state index contributed by atoms with van der Waals surface area (Å²) in [6.45, 7) is 10.8. The van der Waals surface area contributed by atoms with Crippen molar-refractivity contribution < 1.29 is 24.0 Å². The Morgan fingerprint density at radius 3 is 2.16 bits per heavy atom. The van der Waals surface area contributed by atoms with Crippen LogP contribution in [-0.4, -0.2) is 29.4 Å². The molecule has 0 aromatic heterocycles. The molecule has 0 aliphatic carbocycles. The second-order valence-corrected chi connectivity index (χ2v) is 8.10. The molecule has 0 N–H and O–H groups in total. The van der Waals surface area contributed by atoms with Crippen LogP contribution in [-0.2, 0) is 19.7 Å². The summed E-state index contributed by atoms with van der Waals surface area (Å²) in [7, 11) is 0. The van der Waals surface area contributed by atoms with Crippen molar-refractivity contribution in [1.29, 1.82) is 0 Å². The normalized spacial score (nSPS) is 12.1. The highest BCUT2D eigenvalue weighted by Crippen LogP contribution is 2.36. The van der Waals surface area contributed by atoms with Gasteiger partial charge in [-0.2, -0.15) is 0 Å². The highest BCUT2D eigenvalue weighted by atomic mass is 16.6. The van der Waals surface area contributed by atoms with E-state index in [-0.39, 0.29) is 23.4 Å². The topological polar surface area (TPSA) is 99.0 Å². The predicted molar refractivity (Wildman–Crippen MR) is 118 cm³/mol. The van der Waals surface area contributed by atoms with Crippen LogP contribution < -0.4 is 9.64 Å². The monoisotopic (exact) mass is 428 g/mol. The number of rotatable bonds is 7. The second kappa shape index (κ2) is 9.59. The van der Waals surface area contributed by atoms with Gasteiger partial charge in [-0.3, -0.25) is 19.8 Å². The van der Waals surface area contributed by atoms with E-state index in [0.717, 1.165) is 10.5 Å². The summed E-state index contributed by atoms with van der Waals surface area (Å²) >= 11 is 0. The molecule has 0 heterocycles. The first-order valence-corrected chi connectivity index (χ1v) is 9.99. The summed E-state index contributed by atoms with van der Waals surface area (Å²) in [5, 5.41) is 11.6. The maximum absolute atomic E-state index is 12.3. The van der Waals surface area contributed by atoms with Gasteiger partial charge in [-0.1, -0.05) is 32.9 Å². The molecule has 0 aliphatic rings. The Labute approximate surface area is 181 Å². The Kier molecular flexibility index (Phi) is 7.38. The fourth-order valence-electron chi connectivity index (χ4n) is 3.09. The van der Waals surface area contributed by atoms with Gasteiger partial charge in [0.05, 0.1) is 11.5 Å². The number of nitrogens with zero attached hydrogens (tertiary/aromatic N) is 2. The van der Waals surface area contributed by atoms with Gasteiger partial charge in [0.1, 0.15) is 23.2 Å². The van der Waals surface area contributed by atoms with Crippen LogP contribution in [0.5, 0.6) is 11.5 Å². The summed E-state index contributed by atoms with van der Waals surface area (Å²) in [5.74, 6) is -0.349. The zero-order chi connectivity index (χ0) is 23.3. The highest BCUT2D eigenvalue weighted by molar-refractivity contribution is 6.00. The number of hydrogen-bond donors (Lipinski definition) is 0. The van der Waals surface area contributed by atoms with Crippen molar-refractivity contribution in [2.24, 2.45) is 0 Å². The maximum Gasteiger partial charge on any atom is 0.328 e. The van der Waals surface area contributed by atoms with E-state index in [1.54, 1.807) is 6.92 Å². The zero-order valence-corrected chi connectivity index (χ0v) is 18.7. The molecule has 0 saturated heterocycles. The molecule has 8 nitrogen and oxygen atoms in total. The van der Waals surface area contributed by atoms with E-state index in [2.05, 4.69) is 20.8 Å². The zero-order valence-electron chi connectivity index (χ0n) is 18.7. The Balaban J connectivity index is 2.44. The van der Waals surface area contributed by atoms with E-state index in [1.807, 2.05) is 24.3 Å². The van der Waals surface area contributed by atoms with Crippen LogP contribution in [0.4, 0.5) is 11.4 Å². The molecule has 1 atom stereocenters. The molecule has 31 heavy (non-hydrogen) atoms. The van der Waals surface area contributed by atoms with Crippen LogP contribution >= 0.6 is 0 Å². The molecule has 0 bridgehead atoms. The number of benzene rings is 2. The quantitative estimate of drug-likeness (QED) is 0.350. The molecule has 1 unspecified atom stereocenters. The molecule has 2 aromatic rings. The predicted octanol–water partition coefficient (Wildman–Crippen LogP) is 4.99. The van der Waals surface area contributed by atoms with Gasteiger partial charge in [-0.05, 0) is 43.0 Å². The molecular formula is C23H28N2O6. The van der Waals surface area contributed by atoms with E-state index in [0.29, 0.717) is 11.5 Å². The number of nitro groups is 1. The van der Waals surface area contributed by atoms with Gasteiger partial charge in [0, 0.05) is 19.1 Å². The molecule has 2 rings (SSSR count). The Hall–Kier alpha value is -3.42. The van der Waals surface area contributed by atoms with Crippen LogP contribution in [0.1, 0.15) is 47.1 Å².